The lowest BCUT2D eigenvalue weighted by molar-refractivity contribution is 0.0985. The summed E-state index contributed by atoms with van der Waals surface area (Å²) in [6.45, 7) is 4.35. The molecule has 1 saturated heterocycles. The van der Waals surface area contributed by atoms with E-state index < -0.39 is 6.03 Å². The lowest BCUT2D eigenvalue weighted by Crippen LogP contribution is -2.44. The van der Waals surface area contributed by atoms with Crippen LogP contribution in [0.2, 0.25) is 0 Å². The van der Waals surface area contributed by atoms with Crippen LogP contribution >= 0.6 is 24.0 Å². The number of aromatic nitrogens is 2. The van der Waals surface area contributed by atoms with Crippen LogP contribution < -0.4 is 21.3 Å². The smallest absolute Gasteiger partial charge is 0.325 e. The number of nitrogens with one attached hydrogen (secondary N) is 2. The normalized spacial score (nSPS) is 18.9. The van der Waals surface area contributed by atoms with Crippen molar-refractivity contribution in [3.63, 3.8) is 0 Å². The van der Waals surface area contributed by atoms with Gasteiger partial charge in [0, 0.05) is 29.6 Å². The van der Waals surface area contributed by atoms with E-state index in [0.717, 1.165) is 42.8 Å². The minimum absolute atomic E-state index is 0.0234. The van der Waals surface area contributed by atoms with Crippen LogP contribution in [0.3, 0.4) is 0 Å². The van der Waals surface area contributed by atoms with Crippen molar-refractivity contribution in [1.82, 2.24) is 15.3 Å². The molecule has 1 aromatic carbocycles. The Morgan fingerprint density at radius 2 is 2.17 bits per heavy atom. The molecule has 10 nitrogen and oxygen atoms in total. The number of hydrogen-bond acceptors (Lipinski definition) is 8. The summed E-state index contributed by atoms with van der Waals surface area (Å²) in [5.74, 6) is 2.18. The molecule has 12 heteroatoms. The Bertz CT molecular complexity index is 1090. The van der Waals surface area contributed by atoms with E-state index in [1.807, 2.05) is 12.1 Å². The highest BCUT2D eigenvalue weighted by atomic mass is 32.2. The summed E-state index contributed by atoms with van der Waals surface area (Å²) in [4.78, 5) is 27.8. The fourth-order valence-corrected chi connectivity index (χ4v) is 5.18. The summed E-state index contributed by atoms with van der Waals surface area (Å²) in [5, 5.41) is 14.5. The quantitative estimate of drug-likeness (QED) is 0.249. The zero-order valence-corrected chi connectivity index (χ0v) is 21.1. The van der Waals surface area contributed by atoms with E-state index in [1.54, 1.807) is 23.9 Å². The third-order valence-corrected chi connectivity index (χ3v) is 7.59. The zero-order chi connectivity index (χ0) is 24.8. The van der Waals surface area contributed by atoms with E-state index in [2.05, 4.69) is 33.5 Å². The third kappa shape index (κ3) is 6.26. The summed E-state index contributed by atoms with van der Waals surface area (Å²) in [6, 6.07) is 9.10. The van der Waals surface area contributed by atoms with Gasteiger partial charge in [0.05, 0.1) is 42.6 Å². The minimum Gasteiger partial charge on any atom is -0.396 e. The molecule has 5 N–H and O–H groups in total. The van der Waals surface area contributed by atoms with E-state index >= 15 is 0 Å². The number of nitrogens with zero attached hydrogens (tertiary/aromatic N) is 4. The number of benzene rings is 1. The number of urea groups is 1. The van der Waals surface area contributed by atoms with Gasteiger partial charge < -0.3 is 25.8 Å². The molecule has 2 aromatic rings. The first-order valence-electron chi connectivity index (χ1n) is 11.4. The third-order valence-electron chi connectivity index (χ3n) is 5.83. The average Bonchev–Trinajstić information content (AvgIpc) is 3.64. The first kappa shape index (κ1) is 25.3. The van der Waals surface area contributed by atoms with Gasteiger partial charge in [0.25, 0.3) is 0 Å². The van der Waals surface area contributed by atoms with Crippen molar-refractivity contribution in [2.24, 2.45) is 10.7 Å². The van der Waals surface area contributed by atoms with Gasteiger partial charge in [-0.25, -0.2) is 19.8 Å². The van der Waals surface area contributed by atoms with Crippen LogP contribution in [0.1, 0.15) is 25.5 Å². The van der Waals surface area contributed by atoms with E-state index in [9.17, 15) is 9.90 Å². The molecule has 186 valence electrons. The number of morpholine rings is 1. The first-order chi connectivity index (χ1) is 16.9. The molecule has 0 bridgehead atoms. The number of amides is 2. The number of carbonyl (C=O) groups excluding carboxylic acids is 1. The number of anilines is 2. The maximum atomic E-state index is 12.1. The Morgan fingerprint density at radius 1 is 1.40 bits per heavy atom. The SMILES string of the molecule is C[C@H]1COCCN1c1cc(C2(SCCO)CC2)nc(-c2ccc(NC(=O)NC(=S)N=CN)cc2)n1. The number of ether oxygens (including phenoxy) is 1. The maximum absolute atomic E-state index is 12.1. The van der Waals surface area contributed by atoms with Crippen molar-refractivity contribution in [1.29, 1.82) is 0 Å². The highest BCUT2D eigenvalue weighted by Gasteiger charge is 2.46. The molecule has 35 heavy (non-hydrogen) atoms. The molecular formula is C23H29N7O3S2. The van der Waals surface area contributed by atoms with Gasteiger partial charge in [0.2, 0.25) is 5.11 Å². The molecular weight excluding hydrogens is 486 g/mol. The Hall–Kier alpha value is -2.80. The molecule has 1 atom stereocenters. The number of carbonyl (C=O) groups is 1. The summed E-state index contributed by atoms with van der Waals surface area (Å²) >= 11 is 6.64. The summed E-state index contributed by atoms with van der Waals surface area (Å²) < 4.78 is 5.54. The van der Waals surface area contributed by atoms with E-state index in [1.165, 1.54) is 0 Å². The van der Waals surface area contributed by atoms with Crippen LogP contribution in [0.5, 0.6) is 0 Å². The van der Waals surface area contributed by atoms with Gasteiger partial charge in [0.1, 0.15) is 5.82 Å². The van der Waals surface area contributed by atoms with Gasteiger partial charge in [-0.05, 0) is 56.2 Å². The molecule has 2 amide bonds. The fourth-order valence-electron chi connectivity index (χ4n) is 3.90. The average molecular weight is 516 g/mol. The van der Waals surface area contributed by atoms with Crippen molar-refractivity contribution in [3.05, 3.63) is 36.0 Å². The van der Waals surface area contributed by atoms with E-state index in [0.29, 0.717) is 30.5 Å². The standard InChI is InChI=1S/C23H29N7O3S2/c1-15-13-33-10-8-30(15)19-12-18(23(6-7-23)35-11-9-31)27-20(28-19)16-2-4-17(5-3-16)26-21(32)29-22(34)25-14-24/h2-5,12,14-15,31H,6-11,13H2,1H3,(H4,24,25,26,29,32,34)/t15-/m0/s1. The van der Waals surface area contributed by atoms with Crippen LogP contribution in [0.15, 0.2) is 35.3 Å². The number of aliphatic imine (C=N–C) groups is 1. The van der Waals surface area contributed by atoms with Crippen molar-refractivity contribution >= 4 is 53.0 Å². The summed E-state index contributed by atoms with van der Waals surface area (Å²) in [6.07, 6.45) is 3.08. The molecule has 1 aromatic heterocycles. The molecule has 1 aliphatic carbocycles. The van der Waals surface area contributed by atoms with Gasteiger partial charge in [-0.15, -0.1) is 11.8 Å². The van der Waals surface area contributed by atoms with Gasteiger partial charge in [-0.1, -0.05) is 0 Å². The molecule has 1 aliphatic heterocycles. The van der Waals surface area contributed by atoms with Gasteiger partial charge in [0.15, 0.2) is 5.82 Å². The van der Waals surface area contributed by atoms with Crippen LogP contribution in [0, 0.1) is 0 Å². The number of rotatable bonds is 7. The molecule has 0 spiro atoms. The lowest BCUT2D eigenvalue weighted by Gasteiger charge is -2.34. The number of thioether (sulfide) groups is 1. The molecule has 0 unspecified atom stereocenters. The second-order valence-electron chi connectivity index (χ2n) is 8.36. The van der Waals surface area contributed by atoms with Crippen molar-refractivity contribution in [3.8, 4) is 11.4 Å². The second kappa shape index (κ2) is 11.3. The van der Waals surface area contributed by atoms with Gasteiger partial charge >= 0.3 is 6.03 Å². The minimum atomic E-state index is -0.508. The Balaban J connectivity index is 1.59. The number of thiocarbonyl (C=S) groups is 1. The Kier molecular flexibility index (Phi) is 8.16. The highest BCUT2D eigenvalue weighted by molar-refractivity contribution is 8.00. The van der Waals surface area contributed by atoms with E-state index in [4.69, 9.17) is 32.7 Å². The molecule has 2 fully saturated rings. The number of nitrogens with two attached hydrogens (primary N) is 1. The number of aliphatic hydroxyl groups excluding tert-OH is 1. The number of aliphatic hydroxyl groups is 1. The molecule has 1 saturated carbocycles. The van der Waals surface area contributed by atoms with Crippen molar-refractivity contribution < 1.29 is 14.6 Å². The van der Waals surface area contributed by atoms with Crippen LogP contribution in [-0.2, 0) is 9.48 Å². The molecule has 0 radical (unpaired) electrons. The largest absolute Gasteiger partial charge is 0.396 e. The summed E-state index contributed by atoms with van der Waals surface area (Å²) in [5.41, 5.74) is 7.59. The fraction of sp³-hybridized carbons (Fsp3) is 0.435. The zero-order valence-electron chi connectivity index (χ0n) is 19.4. The molecule has 4 rings (SSSR count). The first-order valence-corrected chi connectivity index (χ1v) is 12.8. The Labute approximate surface area is 213 Å². The van der Waals surface area contributed by atoms with Crippen molar-refractivity contribution in [2.45, 2.75) is 30.6 Å². The van der Waals surface area contributed by atoms with Crippen molar-refractivity contribution in [2.75, 3.05) is 42.3 Å². The van der Waals surface area contributed by atoms with E-state index in [-0.39, 0.29) is 22.5 Å². The predicted octanol–water partition coefficient (Wildman–Crippen LogP) is 2.48. The topological polar surface area (TPSA) is 138 Å². The molecule has 2 heterocycles. The monoisotopic (exact) mass is 515 g/mol. The van der Waals surface area contributed by atoms with Gasteiger partial charge in [-0.2, -0.15) is 0 Å². The van der Waals surface area contributed by atoms with Crippen LogP contribution in [0.25, 0.3) is 11.4 Å². The Morgan fingerprint density at radius 3 is 2.83 bits per heavy atom. The molecule has 2 aliphatic rings. The van der Waals surface area contributed by atoms with Crippen LogP contribution in [-0.4, -0.2) is 70.7 Å². The summed E-state index contributed by atoms with van der Waals surface area (Å²) in [7, 11) is 0. The predicted molar refractivity (Wildman–Crippen MR) is 143 cm³/mol. The highest BCUT2D eigenvalue weighted by Crippen LogP contribution is 2.56. The second-order valence-corrected chi connectivity index (χ2v) is 10.2. The lowest BCUT2D eigenvalue weighted by atomic mass is 10.1. The maximum Gasteiger partial charge on any atom is 0.325 e. The number of hydrogen-bond donors (Lipinski definition) is 4. The van der Waals surface area contributed by atoms with Crippen LogP contribution in [0.4, 0.5) is 16.3 Å². The van der Waals surface area contributed by atoms with Gasteiger partial charge in [-0.3, -0.25) is 5.32 Å².